The van der Waals surface area contributed by atoms with Crippen molar-refractivity contribution in [3.05, 3.63) is 27.9 Å². The lowest BCUT2D eigenvalue weighted by Crippen LogP contribution is -2.23. The van der Waals surface area contributed by atoms with Crippen molar-refractivity contribution >= 4 is 11.5 Å². The first-order valence-electron chi connectivity index (χ1n) is 5.93. The van der Waals surface area contributed by atoms with Gasteiger partial charge in [-0.25, -0.2) is 4.98 Å². The lowest BCUT2D eigenvalue weighted by Gasteiger charge is -2.17. The highest BCUT2D eigenvalue weighted by molar-refractivity contribution is 5.45. The number of hydrogen-bond acceptors (Lipinski definition) is 5. The molecule has 0 aliphatic rings. The molecule has 0 aliphatic carbocycles. The lowest BCUT2D eigenvalue weighted by molar-refractivity contribution is -0.385. The van der Waals surface area contributed by atoms with Gasteiger partial charge in [-0.3, -0.25) is 10.1 Å². The van der Waals surface area contributed by atoms with Crippen LogP contribution in [0.25, 0.3) is 0 Å². The maximum atomic E-state index is 10.7. The topological polar surface area (TPSA) is 71.3 Å². The molecule has 100 valence electrons. The minimum Gasteiger partial charge on any atom is -0.368 e. The molecule has 0 bridgehead atoms. The summed E-state index contributed by atoms with van der Waals surface area (Å²) in [5.41, 5.74) is 0.492. The summed E-state index contributed by atoms with van der Waals surface area (Å²) in [5, 5.41) is 13.9. The van der Waals surface area contributed by atoms with E-state index in [-0.39, 0.29) is 11.7 Å². The molecular formula is C12H20N4O2. The van der Waals surface area contributed by atoms with Crippen LogP contribution in [0.4, 0.5) is 11.5 Å². The Labute approximate surface area is 107 Å². The minimum atomic E-state index is -0.415. The molecule has 0 saturated heterocycles. The van der Waals surface area contributed by atoms with Crippen molar-refractivity contribution in [2.45, 2.75) is 26.3 Å². The fourth-order valence-corrected chi connectivity index (χ4v) is 1.60. The molecule has 0 fully saturated rings. The molecular weight excluding hydrogens is 232 g/mol. The van der Waals surface area contributed by atoms with E-state index in [4.69, 9.17) is 0 Å². The number of anilines is 1. The van der Waals surface area contributed by atoms with E-state index in [2.05, 4.69) is 22.1 Å². The molecule has 0 amide bonds. The fraction of sp³-hybridized carbons (Fsp3) is 0.583. The first-order valence-corrected chi connectivity index (χ1v) is 5.93. The molecule has 6 heteroatoms. The maximum Gasteiger partial charge on any atom is 0.290 e. The van der Waals surface area contributed by atoms with Crippen LogP contribution in [-0.2, 0) is 0 Å². The number of nitro groups is 1. The number of aromatic nitrogens is 1. The summed E-state index contributed by atoms with van der Waals surface area (Å²) in [6, 6.07) is 3.42. The molecule has 0 spiro atoms. The smallest absolute Gasteiger partial charge is 0.290 e. The third-order valence-electron chi connectivity index (χ3n) is 2.66. The quantitative estimate of drug-likeness (QED) is 0.619. The zero-order valence-corrected chi connectivity index (χ0v) is 11.3. The second-order valence-electron chi connectivity index (χ2n) is 4.70. The summed E-state index contributed by atoms with van der Waals surface area (Å²) >= 11 is 0. The van der Waals surface area contributed by atoms with Crippen molar-refractivity contribution < 1.29 is 4.92 Å². The van der Waals surface area contributed by atoms with Gasteiger partial charge < -0.3 is 10.2 Å². The molecule has 1 unspecified atom stereocenters. The predicted molar refractivity (Wildman–Crippen MR) is 71.9 cm³/mol. The van der Waals surface area contributed by atoms with Crippen molar-refractivity contribution in [3.8, 4) is 0 Å². The van der Waals surface area contributed by atoms with Gasteiger partial charge in [0.2, 0.25) is 0 Å². The van der Waals surface area contributed by atoms with Gasteiger partial charge in [-0.1, -0.05) is 0 Å². The number of hydrogen-bond donors (Lipinski definition) is 1. The standard InChI is InChI=1S/C12H20N4O2/c1-9(7-8-15(3)4)13-12-6-5-11(16(17)18)10(2)14-12/h5-6,9H,7-8H2,1-4H3,(H,13,14). The number of nitrogens with one attached hydrogen (secondary N) is 1. The van der Waals surface area contributed by atoms with E-state index in [1.54, 1.807) is 13.0 Å². The molecule has 0 saturated carbocycles. The average Bonchev–Trinajstić information content (AvgIpc) is 2.26. The van der Waals surface area contributed by atoms with Crippen molar-refractivity contribution in [3.63, 3.8) is 0 Å². The van der Waals surface area contributed by atoms with Gasteiger partial charge in [-0.15, -0.1) is 0 Å². The highest BCUT2D eigenvalue weighted by atomic mass is 16.6. The molecule has 0 aliphatic heterocycles. The first-order chi connectivity index (χ1) is 8.40. The maximum absolute atomic E-state index is 10.7. The van der Waals surface area contributed by atoms with Crippen LogP contribution in [0.2, 0.25) is 0 Å². The van der Waals surface area contributed by atoms with Crippen LogP contribution in [0.5, 0.6) is 0 Å². The third kappa shape index (κ3) is 4.29. The van der Waals surface area contributed by atoms with E-state index >= 15 is 0 Å². The Kier molecular flexibility index (Phi) is 5.03. The second kappa shape index (κ2) is 6.30. The fourth-order valence-electron chi connectivity index (χ4n) is 1.60. The van der Waals surface area contributed by atoms with E-state index in [9.17, 15) is 10.1 Å². The molecule has 0 radical (unpaired) electrons. The van der Waals surface area contributed by atoms with Crippen LogP contribution in [0.1, 0.15) is 19.0 Å². The molecule has 1 rings (SSSR count). The number of nitrogens with zero attached hydrogens (tertiary/aromatic N) is 3. The Morgan fingerprint density at radius 3 is 2.67 bits per heavy atom. The van der Waals surface area contributed by atoms with Gasteiger partial charge in [0.25, 0.3) is 5.69 Å². The van der Waals surface area contributed by atoms with Gasteiger partial charge in [-0.05, 0) is 47.0 Å². The van der Waals surface area contributed by atoms with Crippen molar-refractivity contribution in [1.82, 2.24) is 9.88 Å². The Balaban J connectivity index is 2.63. The molecule has 1 N–H and O–H groups in total. The first kappa shape index (κ1) is 14.4. The Bertz CT molecular complexity index is 421. The van der Waals surface area contributed by atoms with Gasteiger partial charge in [0.15, 0.2) is 0 Å². The highest BCUT2D eigenvalue weighted by Gasteiger charge is 2.12. The molecule has 1 atom stereocenters. The summed E-state index contributed by atoms with van der Waals surface area (Å²) < 4.78 is 0. The molecule has 1 aromatic rings. The largest absolute Gasteiger partial charge is 0.368 e. The van der Waals surface area contributed by atoms with Gasteiger partial charge in [0.05, 0.1) is 4.92 Å². The molecule has 1 aromatic heterocycles. The monoisotopic (exact) mass is 252 g/mol. The van der Waals surface area contributed by atoms with Crippen molar-refractivity contribution in [2.75, 3.05) is 26.0 Å². The van der Waals surface area contributed by atoms with E-state index in [1.807, 2.05) is 14.1 Å². The molecule has 1 heterocycles. The summed E-state index contributed by atoms with van der Waals surface area (Å²) in [7, 11) is 4.06. The van der Waals surface area contributed by atoms with Gasteiger partial charge in [0, 0.05) is 12.1 Å². The van der Waals surface area contributed by atoms with Crippen LogP contribution >= 0.6 is 0 Å². The number of aryl methyl sites for hydroxylation is 1. The summed E-state index contributed by atoms with van der Waals surface area (Å²) in [4.78, 5) is 16.6. The van der Waals surface area contributed by atoms with Gasteiger partial charge >= 0.3 is 0 Å². The molecule has 0 aromatic carbocycles. The minimum absolute atomic E-state index is 0.0569. The Morgan fingerprint density at radius 2 is 2.17 bits per heavy atom. The third-order valence-corrected chi connectivity index (χ3v) is 2.66. The van der Waals surface area contributed by atoms with Crippen LogP contribution in [0.15, 0.2) is 12.1 Å². The average molecular weight is 252 g/mol. The zero-order valence-electron chi connectivity index (χ0n) is 11.3. The predicted octanol–water partition coefficient (Wildman–Crippen LogP) is 2.05. The van der Waals surface area contributed by atoms with Crippen LogP contribution in [-0.4, -0.2) is 41.5 Å². The van der Waals surface area contributed by atoms with E-state index in [1.165, 1.54) is 6.07 Å². The van der Waals surface area contributed by atoms with Crippen LogP contribution < -0.4 is 5.32 Å². The van der Waals surface area contributed by atoms with Gasteiger partial charge in [-0.2, -0.15) is 0 Å². The van der Waals surface area contributed by atoms with Crippen molar-refractivity contribution in [2.24, 2.45) is 0 Å². The van der Waals surface area contributed by atoms with Crippen molar-refractivity contribution in [1.29, 1.82) is 0 Å². The normalized spacial score (nSPS) is 12.5. The van der Waals surface area contributed by atoms with E-state index in [0.29, 0.717) is 11.5 Å². The summed E-state index contributed by atoms with van der Waals surface area (Å²) in [6.07, 6.45) is 0.991. The van der Waals surface area contributed by atoms with Crippen LogP contribution in [0.3, 0.4) is 0 Å². The number of pyridine rings is 1. The molecule has 6 nitrogen and oxygen atoms in total. The van der Waals surface area contributed by atoms with Crippen LogP contribution in [0, 0.1) is 17.0 Å². The second-order valence-corrected chi connectivity index (χ2v) is 4.70. The van der Waals surface area contributed by atoms with E-state index in [0.717, 1.165) is 13.0 Å². The zero-order chi connectivity index (χ0) is 13.7. The van der Waals surface area contributed by atoms with Gasteiger partial charge in [0.1, 0.15) is 11.5 Å². The Hall–Kier alpha value is -1.69. The van der Waals surface area contributed by atoms with E-state index < -0.39 is 4.92 Å². The number of rotatable bonds is 6. The highest BCUT2D eigenvalue weighted by Crippen LogP contribution is 2.18. The lowest BCUT2D eigenvalue weighted by atomic mass is 10.2. The Morgan fingerprint density at radius 1 is 1.50 bits per heavy atom. The molecule has 18 heavy (non-hydrogen) atoms. The summed E-state index contributed by atoms with van der Waals surface area (Å²) in [5.74, 6) is 0.685. The SMILES string of the molecule is Cc1nc(NC(C)CCN(C)C)ccc1[N+](=O)[O-]. The summed E-state index contributed by atoms with van der Waals surface area (Å²) in [6.45, 7) is 4.70.